The second-order valence-electron chi connectivity index (χ2n) is 3.70. The van der Waals surface area contributed by atoms with Gasteiger partial charge in [-0.1, -0.05) is 12.1 Å². The molecule has 0 unspecified atom stereocenters. The van der Waals surface area contributed by atoms with Crippen LogP contribution in [0.3, 0.4) is 0 Å². The maximum atomic E-state index is 11.6. The van der Waals surface area contributed by atoms with Crippen molar-refractivity contribution in [2.24, 2.45) is 0 Å². The number of rotatable bonds is 3. The van der Waals surface area contributed by atoms with E-state index in [1.54, 1.807) is 0 Å². The minimum atomic E-state index is -0.204. The fourth-order valence-corrected chi connectivity index (χ4v) is 1.42. The van der Waals surface area contributed by atoms with E-state index in [1.165, 1.54) is 6.07 Å². The molecule has 0 spiro atoms. The molecule has 1 amide bonds. The molecule has 1 aliphatic rings. The van der Waals surface area contributed by atoms with Crippen LogP contribution in [0.4, 0.5) is 5.88 Å². The van der Waals surface area contributed by atoms with Crippen LogP contribution in [0.1, 0.15) is 36.7 Å². The van der Waals surface area contributed by atoms with E-state index in [4.69, 9.17) is 5.73 Å². The predicted octanol–water partition coefficient (Wildman–Crippen LogP) is 0.929. The highest BCUT2D eigenvalue weighted by Gasteiger charge is 2.42. The smallest absolute Gasteiger partial charge is 0.273 e. The zero-order valence-corrected chi connectivity index (χ0v) is 8.04. The molecule has 0 saturated heterocycles. The first kappa shape index (κ1) is 9.05. The number of nitrogen functional groups attached to an aromatic ring is 1. The number of nitrogens with zero attached hydrogens (tertiary/aromatic N) is 1. The summed E-state index contributed by atoms with van der Waals surface area (Å²) in [5, 5.41) is 6.48. The van der Waals surface area contributed by atoms with E-state index in [-0.39, 0.29) is 23.0 Å². The van der Waals surface area contributed by atoms with Gasteiger partial charge >= 0.3 is 0 Å². The lowest BCUT2D eigenvalue weighted by atomic mass is 10.2. The Morgan fingerprint density at radius 1 is 1.79 bits per heavy atom. The number of hydrogen-bond donors (Lipinski definition) is 2. The maximum Gasteiger partial charge on any atom is 0.273 e. The van der Waals surface area contributed by atoms with Crippen LogP contribution in [0.5, 0.6) is 0 Å². The van der Waals surface area contributed by atoms with Crippen LogP contribution < -0.4 is 11.1 Å². The average molecular weight is 195 g/mol. The van der Waals surface area contributed by atoms with Crippen LogP contribution in [0.2, 0.25) is 0 Å². The molecular weight excluding hydrogens is 182 g/mol. The summed E-state index contributed by atoms with van der Waals surface area (Å²) in [5.74, 6) is -0.0405. The zero-order chi connectivity index (χ0) is 10.2. The SMILES string of the molecule is CCC1(NC(=O)c2cc(N)on2)CC1. The van der Waals surface area contributed by atoms with Crippen LogP contribution in [-0.4, -0.2) is 16.6 Å². The van der Waals surface area contributed by atoms with Crippen molar-refractivity contribution >= 4 is 11.8 Å². The summed E-state index contributed by atoms with van der Waals surface area (Å²) in [6.45, 7) is 2.06. The van der Waals surface area contributed by atoms with E-state index >= 15 is 0 Å². The number of nitrogens with one attached hydrogen (secondary N) is 1. The van der Waals surface area contributed by atoms with Gasteiger partial charge in [0.2, 0.25) is 5.88 Å². The molecule has 5 heteroatoms. The van der Waals surface area contributed by atoms with Gasteiger partial charge in [0, 0.05) is 11.6 Å². The van der Waals surface area contributed by atoms with Crippen LogP contribution in [0, 0.1) is 0 Å². The Kier molecular flexibility index (Phi) is 1.94. The van der Waals surface area contributed by atoms with Crippen molar-refractivity contribution in [1.29, 1.82) is 0 Å². The van der Waals surface area contributed by atoms with Gasteiger partial charge in [0.25, 0.3) is 5.91 Å². The lowest BCUT2D eigenvalue weighted by Crippen LogP contribution is -2.36. The number of hydrogen-bond acceptors (Lipinski definition) is 4. The van der Waals surface area contributed by atoms with Gasteiger partial charge in [-0.25, -0.2) is 0 Å². The van der Waals surface area contributed by atoms with E-state index in [2.05, 4.69) is 21.9 Å². The van der Waals surface area contributed by atoms with E-state index in [1.807, 2.05) is 0 Å². The summed E-state index contributed by atoms with van der Waals surface area (Å²) >= 11 is 0. The van der Waals surface area contributed by atoms with Gasteiger partial charge < -0.3 is 15.6 Å². The van der Waals surface area contributed by atoms with Crippen LogP contribution >= 0.6 is 0 Å². The number of nitrogens with two attached hydrogens (primary N) is 1. The highest BCUT2D eigenvalue weighted by Crippen LogP contribution is 2.38. The van der Waals surface area contributed by atoms with Gasteiger partial charge in [0.1, 0.15) is 0 Å². The first-order chi connectivity index (χ1) is 6.65. The van der Waals surface area contributed by atoms with Crippen LogP contribution in [0.25, 0.3) is 0 Å². The quantitative estimate of drug-likeness (QED) is 0.751. The van der Waals surface area contributed by atoms with Crippen molar-refractivity contribution in [3.05, 3.63) is 11.8 Å². The summed E-state index contributed by atoms with van der Waals surface area (Å²) in [6.07, 6.45) is 3.04. The molecule has 1 heterocycles. The summed E-state index contributed by atoms with van der Waals surface area (Å²) in [7, 11) is 0. The van der Waals surface area contributed by atoms with Gasteiger partial charge in [0.05, 0.1) is 0 Å². The Bertz CT molecular complexity index is 355. The molecular formula is C9H13N3O2. The fourth-order valence-electron chi connectivity index (χ4n) is 1.42. The third-order valence-electron chi connectivity index (χ3n) is 2.67. The summed E-state index contributed by atoms with van der Waals surface area (Å²) in [5.41, 5.74) is 5.58. The standard InChI is InChI=1S/C9H13N3O2/c1-2-9(3-4-9)11-8(13)6-5-7(10)14-12-6/h5H,2-4,10H2,1H3,(H,11,13). The lowest BCUT2D eigenvalue weighted by Gasteiger charge is -2.12. The number of carbonyl (C=O) groups excluding carboxylic acids is 1. The highest BCUT2D eigenvalue weighted by atomic mass is 16.5. The Morgan fingerprint density at radius 3 is 2.93 bits per heavy atom. The molecule has 2 rings (SSSR count). The van der Waals surface area contributed by atoms with Gasteiger partial charge in [-0.15, -0.1) is 0 Å². The molecule has 0 bridgehead atoms. The van der Waals surface area contributed by atoms with Crippen molar-refractivity contribution in [2.75, 3.05) is 5.73 Å². The Balaban J connectivity index is 2.03. The average Bonchev–Trinajstić information content (AvgIpc) is 2.80. The van der Waals surface area contributed by atoms with Crippen molar-refractivity contribution in [1.82, 2.24) is 10.5 Å². The summed E-state index contributed by atoms with van der Waals surface area (Å²) in [6, 6.07) is 1.43. The molecule has 3 N–H and O–H groups in total. The van der Waals surface area contributed by atoms with Gasteiger partial charge in [0.15, 0.2) is 5.69 Å². The van der Waals surface area contributed by atoms with E-state index < -0.39 is 0 Å². The van der Waals surface area contributed by atoms with Crippen LogP contribution in [-0.2, 0) is 0 Å². The molecule has 14 heavy (non-hydrogen) atoms. The molecule has 0 atom stereocenters. The molecule has 1 aromatic heterocycles. The minimum Gasteiger partial charge on any atom is -0.368 e. The van der Waals surface area contributed by atoms with Crippen molar-refractivity contribution in [3.8, 4) is 0 Å². The van der Waals surface area contributed by atoms with Gasteiger partial charge in [-0.2, -0.15) is 0 Å². The maximum absolute atomic E-state index is 11.6. The third kappa shape index (κ3) is 1.57. The molecule has 1 fully saturated rings. The molecule has 0 aromatic carbocycles. The Morgan fingerprint density at radius 2 is 2.50 bits per heavy atom. The number of anilines is 1. The first-order valence-electron chi connectivity index (χ1n) is 4.70. The summed E-state index contributed by atoms with van der Waals surface area (Å²) in [4.78, 5) is 11.6. The third-order valence-corrected chi connectivity index (χ3v) is 2.67. The molecule has 76 valence electrons. The minimum absolute atomic E-state index is 0.00476. The Labute approximate surface area is 81.6 Å². The number of aromatic nitrogens is 1. The van der Waals surface area contributed by atoms with E-state index in [9.17, 15) is 4.79 Å². The molecule has 0 aliphatic heterocycles. The largest absolute Gasteiger partial charge is 0.368 e. The normalized spacial score (nSPS) is 17.8. The zero-order valence-electron chi connectivity index (χ0n) is 8.04. The monoisotopic (exact) mass is 195 g/mol. The van der Waals surface area contributed by atoms with Crippen molar-refractivity contribution < 1.29 is 9.32 Å². The topological polar surface area (TPSA) is 81.2 Å². The molecule has 1 saturated carbocycles. The number of amides is 1. The van der Waals surface area contributed by atoms with Gasteiger partial charge in [-0.05, 0) is 19.3 Å². The Hall–Kier alpha value is -1.52. The second-order valence-corrected chi connectivity index (χ2v) is 3.70. The van der Waals surface area contributed by atoms with E-state index in [0.29, 0.717) is 0 Å². The van der Waals surface area contributed by atoms with Crippen LogP contribution in [0.15, 0.2) is 10.6 Å². The number of carbonyl (C=O) groups is 1. The molecule has 5 nitrogen and oxygen atoms in total. The first-order valence-corrected chi connectivity index (χ1v) is 4.70. The van der Waals surface area contributed by atoms with Crippen molar-refractivity contribution in [3.63, 3.8) is 0 Å². The summed E-state index contributed by atoms with van der Waals surface area (Å²) < 4.78 is 4.62. The highest BCUT2D eigenvalue weighted by molar-refractivity contribution is 5.93. The van der Waals surface area contributed by atoms with E-state index in [0.717, 1.165) is 19.3 Å². The molecule has 1 aromatic rings. The molecule has 1 aliphatic carbocycles. The lowest BCUT2D eigenvalue weighted by molar-refractivity contribution is 0.0921. The fraction of sp³-hybridized carbons (Fsp3) is 0.556. The second kappa shape index (κ2) is 3.01. The van der Waals surface area contributed by atoms with Gasteiger partial charge in [-0.3, -0.25) is 4.79 Å². The predicted molar refractivity (Wildman–Crippen MR) is 50.6 cm³/mol. The molecule has 0 radical (unpaired) electrons. The van der Waals surface area contributed by atoms with Crippen molar-refractivity contribution in [2.45, 2.75) is 31.7 Å².